The molecule has 1 fully saturated rings. The maximum Gasteiger partial charge on any atom is 0.254 e. The number of nitrogens with zero attached hydrogens (tertiary/aromatic N) is 2. The normalized spacial score (nSPS) is 17.8. The average molecular weight is 365 g/mol. The number of hydrogen-bond acceptors (Lipinski definition) is 4. The van der Waals surface area contributed by atoms with Crippen LogP contribution in [-0.2, 0) is 9.63 Å². The summed E-state index contributed by atoms with van der Waals surface area (Å²) < 4.78 is 0. The summed E-state index contributed by atoms with van der Waals surface area (Å²) in [5.41, 5.74) is 4.58. The maximum atomic E-state index is 13.0. The molecule has 2 aromatic carbocycles. The van der Waals surface area contributed by atoms with Crippen LogP contribution >= 0.6 is 0 Å². The lowest BCUT2D eigenvalue weighted by atomic mass is 9.99. The topological polar surface area (TPSA) is 71.0 Å². The highest BCUT2D eigenvalue weighted by molar-refractivity contribution is 6.05. The van der Waals surface area contributed by atoms with Gasteiger partial charge in [0.2, 0.25) is 5.91 Å². The van der Waals surface area contributed by atoms with Crippen LogP contribution in [0.4, 0.5) is 0 Å². The first-order valence-electron chi connectivity index (χ1n) is 8.82. The van der Waals surface area contributed by atoms with Crippen molar-refractivity contribution in [3.63, 3.8) is 0 Å². The van der Waals surface area contributed by atoms with Crippen LogP contribution in [0.1, 0.15) is 22.3 Å². The standard InChI is InChI=1S/C21H23N3O3/c1-14-6-4-5-7-18(14)15-8-10-16(11-9-15)21(26)24-13-17(23-27-3)12-19(24)20(25)22-2/h4-11,19H,12-13H2,1-3H3,(H,22,25). The van der Waals surface area contributed by atoms with E-state index < -0.39 is 6.04 Å². The Bertz CT molecular complexity index is 874. The smallest absolute Gasteiger partial charge is 0.254 e. The quantitative estimate of drug-likeness (QED) is 0.847. The van der Waals surface area contributed by atoms with Crippen LogP contribution in [0.25, 0.3) is 11.1 Å². The molecule has 6 nitrogen and oxygen atoms in total. The van der Waals surface area contributed by atoms with Gasteiger partial charge in [0.15, 0.2) is 0 Å². The van der Waals surface area contributed by atoms with Gasteiger partial charge >= 0.3 is 0 Å². The molecule has 1 N–H and O–H groups in total. The third kappa shape index (κ3) is 3.84. The first-order chi connectivity index (χ1) is 13.0. The summed E-state index contributed by atoms with van der Waals surface area (Å²) in [4.78, 5) is 31.5. The van der Waals surface area contributed by atoms with Gasteiger partial charge in [-0.2, -0.15) is 0 Å². The molecule has 0 radical (unpaired) electrons. The molecule has 0 aliphatic carbocycles. The van der Waals surface area contributed by atoms with Crippen molar-refractivity contribution in [2.75, 3.05) is 20.7 Å². The van der Waals surface area contributed by atoms with Gasteiger partial charge < -0.3 is 15.1 Å². The van der Waals surface area contributed by atoms with Gasteiger partial charge in [0, 0.05) is 19.0 Å². The summed E-state index contributed by atoms with van der Waals surface area (Å²) in [6.07, 6.45) is 0.376. The molecular formula is C21H23N3O3. The number of oxime groups is 1. The Morgan fingerprint density at radius 1 is 1.15 bits per heavy atom. The van der Waals surface area contributed by atoms with Crippen LogP contribution in [0.2, 0.25) is 0 Å². The fourth-order valence-corrected chi connectivity index (χ4v) is 3.37. The minimum atomic E-state index is -0.576. The number of likely N-dealkylation sites (tertiary alicyclic amines) is 1. The summed E-state index contributed by atoms with van der Waals surface area (Å²) >= 11 is 0. The van der Waals surface area contributed by atoms with Crippen molar-refractivity contribution in [3.8, 4) is 11.1 Å². The van der Waals surface area contributed by atoms with Gasteiger partial charge in [-0.05, 0) is 35.7 Å². The van der Waals surface area contributed by atoms with Gasteiger partial charge in [-0.3, -0.25) is 9.59 Å². The minimum Gasteiger partial charge on any atom is -0.399 e. The molecule has 1 aliphatic heterocycles. The van der Waals surface area contributed by atoms with Crippen LogP contribution in [0, 0.1) is 6.92 Å². The number of benzene rings is 2. The molecular weight excluding hydrogens is 342 g/mol. The third-order valence-corrected chi connectivity index (χ3v) is 4.78. The lowest BCUT2D eigenvalue weighted by Crippen LogP contribution is -2.44. The van der Waals surface area contributed by atoms with E-state index in [0.717, 1.165) is 11.1 Å². The number of carbonyl (C=O) groups excluding carboxylic acids is 2. The van der Waals surface area contributed by atoms with Gasteiger partial charge in [0.25, 0.3) is 5.91 Å². The van der Waals surface area contributed by atoms with Gasteiger partial charge in [-0.15, -0.1) is 0 Å². The monoisotopic (exact) mass is 365 g/mol. The van der Waals surface area contributed by atoms with Crippen LogP contribution in [0.5, 0.6) is 0 Å². The van der Waals surface area contributed by atoms with Gasteiger partial charge in [-0.25, -0.2) is 0 Å². The highest BCUT2D eigenvalue weighted by Crippen LogP contribution is 2.25. The molecule has 1 atom stereocenters. The SMILES string of the molecule is CNC(=O)C1CC(=NOC)CN1C(=O)c1ccc(-c2ccccc2C)cc1. The van der Waals surface area contributed by atoms with E-state index in [-0.39, 0.29) is 18.4 Å². The predicted molar refractivity (Wildman–Crippen MR) is 105 cm³/mol. The van der Waals surface area contributed by atoms with E-state index >= 15 is 0 Å². The third-order valence-electron chi connectivity index (χ3n) is 4.78. The molecule has 6 heteroatoms. The van der Waals surface area contributed by atoms with Crippen molar-refractivity contribution >= 4 is 17.5 Å². The molecule has 0 aromatic heterocycles. The molecule has 1 saturated heterocycles. The van der Waals surface area contributed by atoms with E-state index in [1.165, 1.54) is 12.7 Å². The second kappa shape index (κ2) is 8.03. The highest BCUT2D eigenvalue weighted by Gasteiger charge is 2.38. The summed E-state index contributed by atoms with van der Waals surface area (Å²) in [5.74, 6) is -0.401. The zero-order chi connectivity index (χ0) is 19.4. The van der Waals surface area contributed by atoms with Crippen molar-refractivity contribution in [2.24, 2.45) is 5.16 Å². The van der Waals surface area contributed by atoms with E-state index in [1.807, 2.05) is 24.3 Å². The number of nitrogens with one attached hydrogen (secondary N) is 1. The predicted octanol–water partition coefficient (Wildman–Crippen LogP) is 2.62. The average Bonchev–Trinajstić information content (AvgIpc) is 3.11. The Morgan fingerprint density at radius 2 is 1.85 bits per heavy atom. The Labute approximate surface area is 158 Å². The summed E-state index contributed by atoms with van der Waals surface area (Å²) in [5, 5.41) is 6.54. The van der Waals surface area contributed by atoms with Gasteiger partial charge in [0.05, 0.1) is 12.3 Å². The Kier molecular flexibility index (Phi) is 5.54. The molecule has 3 rings (SSSR count). The number of carbonyl (C=O) groups is 2. The van der Waals surface area contributed by atoms with E-state index in [0.29, 0.717) is 17.7 Å². The number of aryl methyl sites for hydroxylation is 1. The number of hydrogen-bond donors (Lipinski definition) is 1. The van der Waals surface area contributed by atoms with Crippen molar-refractivity contribution in [1.82, 2.24) is 10.2 Å². The van der Waals surface area contributed by atoms with E-state index in [1.54, 1.807) is 24.1 Å². The zero-order valence-electron chi connectivity index (χ0n) is 15.7. The molecule has 1 aliphatic rings. The van der Waals surface area contributed by atoms with Crippen molar-refractivity contribution in [1.29, 1.82) is 0 Å². The molecule has 140 valence electrons. The highest BCUT2D eigenvalue weighted by atomic mass is 16.6. The summed E-state index contributed by atoms with van der Waals surface area (Å²) in [7, 11) is 3.02. The van der Waals surface area contributed by atoms with Crippen LogP contribution < -0.4 is 5.32 Å². The van der Waals surface area contributed by atoms with Crippen molar-refractivity contribution in [3.05, 3.63) is 59.7 Å². The number of likely N-dealkylation sites (N-methyl/N-ethyl adjacent to an activating group) is 1. The fraction of sp³-hybridized carbons (Fsp3) is 0.286. The number of rotatable bonds is 4. The molecule has 2 aromatic rings. The number of amides is 2. The van der Waals surface area contributed by atoms with Crippen LogP contribution in [0.15, 0.2) is 53.7 Å². The second-order valence-electron chi connectivity index (χ2n) is 6.50. The lowest BCUT2D eigenvalue weighted by Gasteiger charge is -2.22. The second-order valence-corrected chi connectivity index (χ2v) is 6.50. The largest absolute Gasteiger partial charge is 0.399 e. The maximum absolute atomic E-state index is 13.0. The Balaban J connectivity index is 1.85. The van der Waals surface area contributed by atoms with Crippen LogP contribution in [0.3, 0.4) is 0 Å². The van der Waals surface area contributed by atoms with Crippen molar-refractivity contribution in [2.45, 2.75) is 19.4 Å². The zero-order valence-corrected chi connectivity index (χ0v) is 15.7. The first-order valence-corrected chi connectivity index (χ1v) is 8.82. The molecule has 27 heavy (non-hydrogen) atoms. The molecule has 1 unspecified atom stereocenters. The van der Waals surface area contributed by atoms with Gasteiger partial charge in [0.1, 0.15) is 13.2 Å². The van der Waals surface area contributed by atoms with E-state index in [2.05, 4.69) is 29.5 Å². The lowest BCUT2D eigenvalue weighted by molar-refractivity contribution is -0.124. The summed E-state index contributed by atoms with van der Waals surface area (Å²) in [6, 6.07) is 15.0. The van der Waals surface area contributed by atoms with Crippen LogP contribution in [-0.4, -0.2) is 49.2 Å². The molecule has 1 heterocycles. The molecule has 0 bridgehead atoms. The van der Waals surface area contributed by atoms with E-state index in [4.69, 9.17) is 4.84 Å². The molecule has 0 spiro atoms. The van der Waals surface area contributed by atoms with Gasteiger partial charge in [-0.1, -0.05) is 41.6 Å². The Hall–Kier alpha value is -3.15. The summed E-state index contributed by atoms with van der Waals surface area (Å²) in [6.45, 7) is 2.34. The van der Waals surface area contributed by atoms with E-state index in [9.17, 15) is 9.59 Å². The van der Waals surface area contributed by atoms with Crippen molar-refractivity contribution < 1.29 is 14.4 Å². The molecule has 2 amide bonds. The molecule has 0 saturated carbocycles. The first kappa shape index (κ1) is 18.6. The Morgan fingerprint density at radius 3 is 2.48 bits per heavy atom. The fourth-order valence-electron chi connectivity index (χ4n) is 3.37. The minimum absolute atomic E-state index is 0.193.